The monoisotopic (exact) mass is 315 g/mol. The zero-order valence-corrected chi connectivity index (χ0v) is 11.6. The van der Waals surface area contributed by atoms with Gasteiger partial charge in [-0.25, -0.2) is 10.2 Å². The van der Waals surface area contributed by atoms with Crippen LogP contribution in [-0.2, 0) is 0 Å². The van der Waals surface area contributed by atoms with Gasteiger partial charge >= 0.3 is 6.03 Å². The molecule has 0 aliphatic heterocycles. The van der Waals surface area contributed by atoms with E-state index in [9.17, 15) is 9.59 Å². The lowest BCUT2D eigenvalue weighted by atomic mass is 10.2. The van der Waals surface area contributed by atoms with Crippen LogP contribution >= 0.6 is 15.9 Å². The number of ether oxygens (including phenoxy) is 1. The molecule has 1 aromatic rings. The molecule has 0 unspecified atom stereocenters. The molecular formula is C11H14BrN3O3. The molecule has 7 heteroatoms. The third kappa shape index (κ3) is 3.92. The number of urea groups is 1. The highest BCUT2D eigenvalue weighted by atomic mass is 79.9. The van der Waals surface area contributed by atoms with Crippen molar-refractivity contribution in [3.05, 3.63) is 28.2 Å². The molecule has 1 aromatic carbocycles. The van der Waals surface area contributed by atoms with Gasteiger partial charge in [-0.3, -0.25) is 10.2 Å². The average Bonchev–Trinajstić information content (AvgIpc) is 2.36. The number of carbonyl (C=O) groups is 2. The van der Waals surface area contributed by atoms with Crippen LogP contribution in [0, 0.1) is 0 Å². The maximum atomic E-state index is 11.8. The van der Waals surface area contributed by atoms with Crippen molar-refractivity contribution in [3.8, 4) is 5.75 Å². The molecule has 0 atom stereocenters. The van der Waals surface area contributed by atoms with Crippen LogP contribution < -0.4 is 20.9 Å². The van der Waals surface area contributed by atoms with Gasteiger partial charge in [-0.15, -0.1) is 0 Å². The molecular weight excluding hydrogens is 302 g/mol. The van der Waals surface area contributed by atoms with Crippen molar-refractivity contribution < 1.29 is 14.3 Å². The second-order valence-electron chi connectivity index (χ2n) is 3.28. The highest BCUT2D eigenvalue weighted by Gasteiger charge is 2.13. The lowest BCUT2D eigenvalue weighted by Crippen LogP contribution is -2.46. The van der Waals surface area contributed by atoms with E-state index in [4.69, 9.17) is 4.74 Å². The Morgan fingerprint density at radius 2 is 2.06 bits per heavy atom. The normalized spacial score (nSPS) is 9.50. The first-order valence-electron chi connectivity index (χ1n) is 5.26. The second-order valence-corrected chi connectivity index (χ2v) is 4.20. The molecule has 0 aromatic heterocycles. The molecule has 6 nitrogen and oxygen atoms in total. The van der Waals surface area contributed by atoms with Crippen LogP contribution in [0.1, 0.15) is 17.3 Å². The fourth-order valence-corrected chi connectivity index (χ4v) is 1.60. The summed E-state index contributed by atoms with van der Waals surface area (Å²) in [6.45, 7) is 2.25. The Morgan fingerprint density at radius 1 is 1.33 bits per heavy atom. The highest BCUT2D eigenvalue weighted by molar-refractivity contribution is 9.10. The van der Waals surface area contributed by atoms with Crippen molar-refractivity contribution in [2.45, 2.75) is 6.92 Å². The summed E-state index contributed by atoms with van der Waals surface area (Å²) in [4.78, 5) is 23.0. The van der Waals surface area contributed by atoms with Crippen molar-refractivity contribution in [3.63, 3.8) is 0 Å². The molecule has 18 heavy (non-hydrogen) atoms. The molecule has 0 fully saturated rings. The number of hydrogen-bond acceptors (Lipinski definition) is 3. The zero-order valence-electron chi connectivity index (χ0n) is 10.0. The minimum absolute atomic E-state index is 0.323. The Kier molecular flexibility index (Phi) is 5.44. The third-order valence-corrected chi connectivity index (χ3v) is 2.53. The Labute approximate surface area is 113 Å². The van der Waals surface area contributed by atoms with E-state index >= 15 is 0 Å². The minimum atomic E-state index is -0.472. The predicted molar refractivity (Wildman–Crippen MR) is 70.4 cm³/mol. The van der Waals surface area contributed by atoms with Crippen molar-refractivity contribution >= 4 is 27.9 Å². The Bertz CT molecular complexity index is 451. The first kappa shape index (κ1) is 14.3. The molecule has 0 saturated carbocycles. The van der Waals surface area contributed by atoms with E-state index in [0.29, 0.717) is 17.9 Å². The van der Waals surface area contributed by atoms with Crippen LogP contribution in [0.25, 0.3) is 0 Å². The van der Waals surface area contributed by atoms with Crippen molar-refractivity contribution in [1.82, 2.24) is 16.2 Å². The summed E-state index contributed by atoms with van der Waals surface area (Å²) >= 11 is 3.26. The zero-order chi connectivity index (χ0) is 13.5. The number of benzene rings is 1. The predicted octanol–water partition coefficient (Wildman–Crippen LogP) is 1.42. The lowest BCUT2D eigenvalue weighted by molar-refractivity contribution is 0.0933. The van der Waals surface area contributed by atoms with Crippen molar-refractivity contribution in [2.75, 3.05) is 13.7 Å². The number of carbonyl (C=O) groups excluding carboxylic acids is 2. The molecule has 3 N–H and O–H groups in total. The van der Waals surface area contributed by atoms with Crippen molar-refractivity contribution in [1.29, 1.82) is 0 Å². The van der Waals surface area contributed by atoms with Crippen LogP contribution in [0.2, 0.25) is 0 Å². The quantitative estimate of drug-likeness (QED) is 0.738. The molecule has 0 heterocycles. The highest BCUT2D eigenvalue weighted by Crippen LogP contribution is 2.22. The summed E-state index contributed by atoms with van der Waals surface area (Å²) in [6, 6.07) is 4.55. The van der Waals surface area contributed by atoms with E-state index in [2.05, 4.69) is 32.1 Å². The Balaban J connectivity index is 2.71. The summed E-state index contributed by atoms with van der Waals surface area (Å²) in [5.74, 6) is -0.0344. The first-order chi connectivity index (χ1) is 8.58. The molecule has 0 bridgehead atoms. The van der Waals surface area contributed by atoms with Gasteiger partial charge in [0.15, 0.2) is 0 Å². The van der Waals surface area contributed by atoms with Crippen LogP contribution in [0.4, 0.5) is 4.79 Å². The average molecular weight is 316 g/mol. The van der Waals surface area contributed by atoms with E-state index in [1.165, 1.54) is 7.11 Å². The third-order valence-electron chi connectivity index (χ3n) is 2.03. The maximum Gasteiger partial charge on any atom is 0.333 e. The minimum Gasteiger partial charge on any atom is -0.496 e. The Morgan fingerprint density at radius 3 is 2.67 bits per heavy atom. The number of hydrogen-bond donors (Lipinski definition) is 3. The molecule has 98 valence electrons. The SMILES string of the molecule is CCNC(=O)NNC(=O)c1cc(Br)ccc1OC. The number of amides is 3. The smallest absolute Gasteiger partial charge is 0.333 e. The van der Waals surface area contributed by atoms with Gasteiger partial charge in [0, 0.05) is 11.0 Å². The van der Waals surface area contributed by atoms with Gasteiger partial charge < -0.3 is 10.1 Å². The number of nitrogens with one attached hydrogen (secondary N) is 3. The van der Waals surface area contributed by atoms with Crippen molar-refractivity contribution in [2.24, 2.45) is 0 Å². The van der Waals surface area contributed by atoms with Gasteiger partial charge in [0.05, 0.1) is 12.7 Å². The standard InChI is InChI=1S/C11H14BrN3O3/c1-3-13-11(17)15-14-10(16)8-6-7(12)4-5-9(8)18-2/h4-6H,3H2,1-2H3,(H,14,16)(H2,13,15,17). The van der Waals surface area contributed by atoms with Crippen LogP contribution in [0.15, 0.2) is 22.7 Å². The largest absolute Gasteiger partial charge is 0.496 e. The van der Waals surface area contributed by atoms with Gasteiger partial charge in [0.1, 0.15) is 5.75 Å². The summed E-state index contributed by atoms with van der Waals surface area (Å²) < 4.78 is 5.81. The van der Waals surface area contributed by atoms with E-state index < -0.39 is 11.9 Å². The van der Waals surface area contributed by atoms with Gasteiger partial charge in [-0.2, -0.15) is 0 Å². The van der Waals surface area contributed by atoms with Crippen LogP contribution in [-0.4, -0.2) is 25.6 Å². The molecule has 3 amide bonds. The molecule has 0 aliphatic carbocycles. The Hall–Kier alpha value is -1.76. The molecule has 0 radical (unpaired) electrons. The van der Waals surface area contributed by atoms with Crippen LogP contribution in [0.5, 0.6) is 5.75 Å². The second kappa shape index (κ2) is 6.85. The summed E-state index contributed by atoms with van der Waals surface area (Å²) in [5.41, 5.74) is 4.84. The van der Waals surface area contributed by atoms with Gasteiger partial charge in [-0.05, 0) is 25.1 Å². The lowest BCUT2D eigenvalue weighted by Gasteiger charge is -2.10. The molecule has 0 saturated heterocycles. The summed E-state index contributed by atoms with van der Waals surface area (Å²) in [6.07, 6.45) is 0. The number of methoxy groups -OCH3 is 1. The summed E-state index contributed by atoms with van der Waals surface area (Å²) in [7, 11) is 1.47. The van der Waals surface area contributed by atoms with Gasteiger partial charge in [0.2, 0.25) is 0 Å². The fourth-order valence-electron chi connectivity index (χ4n) is 1.24. The number of rotatable bonds is 3. The van der Waals surface area contributed by atoms with E-state index in [1.807, 2.05) is 0 Å². The van der Waals surface area contributed by atoms with E-state index in [1.54, 1.807) is 25.1 Å². The number of halogens is 1. The topological polar surface area (TPSA) is 79.5 Å². The molecule has 1 rings (SSSR count). The molecule has 0 aliphatic rings. The number of hydrazine groups is 1. The molecule has 0 spiro atoms. The van der Waals surface area contributed by atoms with E-state index in [0.717, 1.165) is 4.47 Å². The maximum absolute atomic E-state index is 11.8. The van der Waals surface area contributed by atoms with E-state index in [-0.39, 0.29) is 0 Å². The fraction of sp³-hybridized carbons (Fsp3) is 0.273. The van der Waals surface area contributed by atoms with Crippen LogP contribution in [0.3, 0.4) is 0 Å². The summed E-state index contributed by atoms with van der Waals surface area (Å²) in [5, 5.41) is 2.49. The first-order valence-corrected chi connectivity index (χ1v) is 6.05. The van der Waals surface area contributed by atoms with Gasteiger partial charge in [-0.1, -0.05) is 15.9 Å². The van der Waals surface area contributed by atoms with Gasteiger partial charge in [0.25, 0.3) is 5.91 Å².